The molecule has 1 atom stereocenters. The normalized spacial score (nSPS) is 18.1. The summed E-state index contributed by atoms with van der Waals surface area (Å²) >= 11 is 0. The minimum absolute atomic E-state index is 0.0260. The fourth-order valence-corrected chi connectivity index (χ4v) is 6.54. The van der Waals surface area contributed by atoms with Crippen LogP contribution < -0.4 is 20.1 Å². The van der Waals surface area contributed by atoms with Crippen molar-refractivity contribution in [2.45, 2.75) is 69.6 Å². The first kappa shape index (κ1) is 30.9. The van der Waals surface area contributed by atoms with E-state index in [0.717, 1.165) is 17.5 Å². The van der Waals surface area contributed by atoms with Crippen LogP contribution in [0.4, 0.5) is 11.6 Å². The Morgan fingerprint density at radius 3 is 2.61 bits per heavy atom. The number of aromatic nitrogens is 3. The molecular formula is C31H36N8O4S. The summed E-state index contributed by atoms with van der Waals surface area (Å²) in [5.74, 6) is 3.05. The zero-order valence-electron chi connectivity index (χ0n) is 25.2. The number of pyridine rings is 3. The maximum atomic E-state index is 13.5. The molecule has 1 saturated heterocycles. The number of nitrogen functional groups attached to an aromatic ring is 1. The van der Waals surface area contributed by atoms with E-state index in [9.17, 15) is 13.2 Å². The van der Waals surface area contributed by atoms with E-state index in [0.29, 0.717) is 55.7 Å². The van der Waals surface area contributed by atoms with Crippen molar-refractivity contribution in [3.8, 4) is 29.5 Å². The number of hydrogen-bond acceptors (Lipinski definition) is 11. The van der Waals surface area contributed by atoms with Crippen molar-refractivity contribution in [3.05, 3.63) is 53.7 Å². The lowest BCUT2D eigenvalue weighted by Gasteiger charge is -2.34. The van der Waals surface area contributed by atoms with Crippen molar-refractivity contribution < 1.29 is 17.9 Å². The van der Waals surface area contributed by atoms with Gasteiger partial charge in [-0.1, -0.05) is 13.0 Å². The third-order valence-electron chi connectivity index (χ3n) is 7.82. The second-order valence-corrected chi connectivity index (χ2v) is 13.6. The molecule has 0 bridgehead atoms. The Morgan fingerprint density at radius 1 is 1.20 bits per heavy atom. The van der Waals surface area contributed by atoms with Gasteiger partial charge in [0.1, 0.15) is 11.6 Å². The highest BCUT2D eigenvalue weighted by molar-refractivity contribution is 7.90. The van der Waals surface area contributed by atoms with Gasteiger partial charge in [-0.2, -0.15) is 18.6 Å². The molecule has 2 aliphatic heterocycles. The van der Waals surface area contributed by atoms with E-state index in [1.54, 1.807) is 18.3 Å². The summed E-state index contributed by atoms with van der Waals surface area (Å²) < 4.78 is 34.1. The van der Waals surface area contributed by atoms with E-state index in [1.165, 1.54) is 18.2 Å². The molecule has 0 aromatic carbocycles. The molecular weight excluding hydrogens is 580 g/mol. The first-order valence-corrected chi connectivity index (χ1v) is 15.9. The topological polar surface area (TPSA) is 165 Å². The van der Waals surface area contributed by atoms with Crippen molar-refractivity contribution in [1.82, 2.24) is 19.7 Å². The van der Waals surface area contributed by atoms with Gasteiger partial charge in [-0.3, -0.25) is 4.79 Å². The number of nitrogens with zero attached hydrogens (tertiary/aromatic N) is 6. The lowest BCUT2D eigenvalue weighted by molar-refractivity contribution is 0.0981. The van der Waals surface area contributed by atoms with Crippen LogP contribution in [0.2, 0.25) is 0 Å². The Hall–Kier alpha value is -4.57. The summed E-state index contributed by atoms with van der Waals surface area (Å²) in [6.45, 7) is 9.24. The highest BCUT2D eigenvalue weighted by Gasteiger charge is 2.40. The van der Waals surface area contributed by atoms with Crippen LogP contribution in [0, 0.1) is 25.2 Å². The third-order valence-corrected chi connectivity index (χ3v) is 9.05. The van der Waals surface area contributed by atoms with Crippen LogP contribution in [-0.4, -0.2) is 53.6 Å². The summed E-state index contributed by atoms with van der Waals surface area (Å²) in [4.78, 5) is 28.8. The van der Waals surface area contributed by atoms with E-state index in [1.807, 2.05) is 13.0 Å². The maximum absolute atomic E-state index is 13.5. The van der Waals surface area contributed by atoms with Crippen LogP contribution in [0.3, 0.4) is 0 Å². The van der Waals surface area contributed by atoms with Crippen molar-refractivity contribution in [2.75, 3.05) is 23.8 Å². The molecule has 2 aliphatic rings. The fraction of sp³-hybridized carbons (Fsp3) is 0.419. The number of rotatable bonds is 11. The average Bonchev–Trinajstić information content (AvgIpc) is 3.68. The van der Waals surface area contributed by atoms with E-state index in [-0.39, 0.29) is 21.9 Å². The highest BCUT2D eigenvalue weighted by Crippen LogP contribution is 2.39. The lowest BCUT2D eigenvalue weighted by Crippen LogP contribution is -2.41. The van der Waals surface area contributed by atoms with Crippen LogP contribution >= 0.6 is 0 Å². The number of amides is 1. The van der Waals surface area contributed by atoms with Crippen LogP contribution in [0.25, 0.3) is 11.3 Å². The van der Waals surface area contributed by atoms with Gasteiger partial charge in [0.25, 0.3) is 15.9 Å². The molecule has 0 unspecified atom stereocenters. The average molecular weight is 617 g/mol. The number of nitrogens with two attached hydrogens (primary N) is 1. The van der Waals surface area contributed by atoms with Crippen molar-refractivity contribution >= 4 is 27.6 Å². The van der Waals surface area contributed by atoms with E-state index in [4.69, 9.17) is 21.9 Å². The number of sulfonamides is 1. The highest BCUT2D eigenvalue weighted by atomic mass is 32.2. The number of ether oxygens (including phenoxy) is 1. The Bertz CT molecular complexity index is 1760. The van der Waals surface area contributed by atoms with Crippen LogP contribution in [0.15, 0.2) is 57.8 Å². The van der Waals surface area contributed by atoms with Gasteiger partial charge in [0.05, 0.1) is 17.9 Å². The van der Waals surface area contributed by atoms with Crippen molar-refractivity contribution in [3.63, 3.8) is 0 Å². The molecule has 3 aromatic rings. The second kappa shape index (κ2) is 11.8. The number of carbonyl (C=O) groups is 1. The molecule has 5 rings (SSSR count). The summed E-state index contributed by atoms with van der Waals surface area (Å²) in [5.41, 5.74) is 7.16. The third kappa shape index (κ3) is 6.65. The molecule has 1 amide bonds. The first-order chi connectivity index (χ1) is 20.8. The van der Waals surface area contributed by atoms with Crippen LogP contribution in [-0.2, 0) is 10.0 Å². The molecule has 0 spiro atoms. The zero-order chi connectivity index (χ0) is 31.7. The van der Waals surface area contributed by atoms with Gasteiger partial charge >= 0.3 is 0 Å². The number of hydrogen-bond donors (Lipinski definition) is 2. The molecule has 3 N–H and O–H groups in total. The molecule has 13 heteroatoms. The summed E-state index contributed by atoms with van der Waals surface area (Å²) in [6, 6.07) is 9.38. The number of anilines is 2. The van der Waals surface area contributed by atoms with Gasteiger partial charge in [-0.15, -0.1) is 12.3 Å². The summed E-state index contributed by atoms with van der Waals surface area (Å²) in [6.07, 6.45) is 9.85. The molecule has 12 nitrogen and oxygen atoms in total. The predicted molar refractivity (Wildman–Crippen MR) is 166 cm³/mol. The minimum atomic E-state index is -4.28. The van der Waals surface area contributed by atoms with Gasteiger partial charge in [0.2, 0.25) is 5.88 Å². The number of terminal acetylenes is 1. The van der Waals surface area contributed by atoms with Gasteiger partial charge in [0.15, 0.2) is 10.7 Å². The van der Waals surface area contributed by atoms with E-state index < -0.39 is 21.6 Å². The molecule has 1 fully saturated rings. The van der Waals surface area contributed by atoms with Crippen molar-refractivity contribution in [1.29, 1.82) is 0 Å². The lowest BCUT2D eigenvalue weighted by atomic mass is 9.97. The maximum Gasteiger partial charge on any atom is 0.281 e. The molecule has 230 valence electrons. The Morgan fingerprint density at radius 2 is 1.98 bits per heavy atom. The summed E-state index contributed by atoms with van der Waals surface area (Å²) in [7, 11) is -4.28. The van der Waals surface area contributed by atoms with Gasteiger partial charge in [-0.25, -0.2) is 19.7 Å². The Balaban J connectivity index is 1.41. The zero-order valence-corrected chi connectivity index (χ0v) is 26.1. The molecule has 5 heterocycles. The van der Waals surface area contributed by atoms with Crippen LogP contribution in [0.5, 0.6) is 5.88 Å². The van der Waals surface area contributed by atoms with Gasteiger partial charge in [0, 0.05) is 48.7 Å². The molecule has 44 heavy (non-hydrogen) atoms. The van der Waals surface area contributed by atoms with E-state index in [2.05, 4.69) is 56.5 Å². The SMILES string of the molecule is C#CCCC1(CCOc2ncc(-c3ccc(C(=O)NS(=O)(=O)c4cccc(N)n4)c(N4C[C@@H](C)CC4(C)C)n3)cc2C)N=N1. The fourth-order valence-electron chi connectivity index (χ4n) is 5.59. The smallest absolute Gasteiger partial charge is 0.281 e. The Labute approximate surface area is 257 Å². The number of aryl methyl sites for hydroxylation is 1. The molecule has 3 aromatic heterocycles. The Kier molecular flexibility index (Phi) is 8.31. The number of nitrogens with one attached hydrogen (secondary N) is 1. The monoisotopic (exact) mass is 616 g/mol. The quantitative estimate of drug-likeness (QED) is 0.295. The van der Waals surface area contributed by atoms with Gasteiger partial charge in [-0.05, 0) is 63.4 Å². The van der Waals surface area contributed by atoms with Gasteiger partial charge < -0.3 is 15.4 Å². The first-order valence-electron chi connectivity index (χ1n) is 14.4. The largest absolute Gasteiger partial charge is 0.477 e. The second-order valence-electron chi connectivity index (χ2n) is 12.0. The van der Waals surface area contributed by atoms with E-state index >= 15 is 0 Å². The van der Waals surface area contributed by atoms with Crippen LogP contribution in [0.1, 0.15) is 62.4 Å². The molecule has 0 radical (unpaired) electrons. The summed E-state index contributed by atoms with van der Waals surface area (Å²) in [5, 5.41) is 7.93. The molecule has 0 aliphatic carbocycles. The molecule has 0 saturated carbocycles. The predicted octanol–water partition coefficient (Wildman–Crippen LogP) is 4.52. The standard InChI is InChI=1S/C31H36N8O4S/c1-6-7-13-31(37-38-31)14-15-43-29-21(3)16-22(18-33-29)24-12-11-23(27(34-24)39-19-20(2)17-30(39,4)5)28(40)36-44(41,42)26-10-8-9-25(32)35-26/h1,8-12,16,18,20H,7,13-15,17,19H2,2-5H3,(H2,32,35)(H,36,40)/t20-/m0/s1. The van der Waals surface area contributed by atoms with Crippen molar-refractivity contribution in [2.24, 2.45) is 16.1 Å². The number of carbonyl (C=O) groups excluding carboxylic acids is 1. The minimum Gasteiger partial charge on any atom is -0.477 e.